The fraction of sp³-hybridized carbons (Fsp3) is 0.429. The third-order valence-electron chi connectivity index (χ3n) is 3.25. The Morgan fingerprint density at radius 2 is 2.43 bits per heavy atom. The van der Waals surface area contributed by atoms with Crippen molar-refractivity contribution in [3.8, 4) is 0 Å². The van der Waals surface area contributed by atoms with Crippen LogP contribution >= 0.6 is 11.8 Å². The van der Waals surface area contributed by atoms with Crippen molar-refractivity contribution >= 4 is 34.8 Å². The second kappa shape index (κ2) is 5.95. The van der Waals surface area contributed by atoms with Gasteiger partial charge in [0.05, 0.1) is 24.2 Å². The number of amides is 1. The van der Waals surface area contributed by atoms with Crippen LogP contribution in [0.4, 0.5) is 10.7 Å². The molecule has 3 rings (SSSR count). The number of carbonyl (C=O) groups excluding carboxylic acids is 1. The number of carbonyl (C=O) groups is 1. The Bertz CT molecular complexity index is 658. The molecule has 0 unspecified atom stereocenters. The predicted octanol–water partition coefficient (Wildman–Crippen LogP) is 2.38. The highest BCUT2D eigenvalue weighted by molar-refractivity contribution is 7.99. The number of cyclic esters (lactones) is 1. The molecule has 1 aromatic heterocycles. The van der Waals surface area contributed by atoms with E-state index < -0.39 is 12.2 Å². The van der Waals surface area contributed by atoms with Crippen molar-refractivity contribution in [3.05, 3.63) is 18.2 Å². The number of thioether (sulfide) groups is 1. The van der Waals surface area contributed by atoms with Crippen molar-refractivity contribution in [2.75, 3.05) is 23.8 Å². The molecular formula is C14H17N3O3S. The normalized spacial score (nSPS) is 18.5. The standard InChI is InChI=1S/C14H17N3O3S/c1-2-5-21-10-3-4-11-12(6-10)16-13(15-11)17-7-9(8-18)20-14(17)19/h3-4,6,9,18H,2,5,7-8H2,1H3,(H,15,16)/t9-/m1/s1. The van der Waals surface area contributed by atoms with Gasteiger partial charge in [-0.3, -0.25) is 0 Å². The second-order valence-corrected chi connectivity index (χ2v) is 6.06. The van der Waals surface area contributed by atoms with Gasteiger partial charge in [0.2, 0.25) is 5.95 Å². The zero-order chi connectivity index (χ0) is 14.8. The number of nitrogens with zero attached hydrogens (tertiary/aromatic N) is 2. The molecule has 1 saturated heterocycles. The number of H-pyrrole nitrogens is 1. The maximum Gasteiger partial charge on any atom is 0.417 e. The lowest BCUT2D eigenvalue weighted by atomic mass is 10.3. The van der Waals surface area contributed by atoms with Crippen LogP contribution in [0.5, 0.6) is 0 Å². The molecule has 112 valence electrons. The molecule has 0 saturated carbocycles. The van der Waals surface area contributed by atoms with Gasteiger partial charge in [0.25, 0.3) is 0 Å². The van der Waals surface area contributed by atoms with Crippen LogP contribution in [0.2, 0.25) is 0 Å². The van der Waals surface area contributed by atoms with Crippen molar-refractivity contribution in [1.82, 2.24) is 9.97 Å². The van der Waals surface area contributed by atoms with Crippen LogP contribution in [-0.4, -0.2) is 46.2 Å². The van der Waals surface area contributed by atoms with Gasteiger partial charge in [-0.1, -0.05) is 6.92 Å². The average Bonchev–Trinajstić information content (AvgIpc) is 3.07. The van der Waals surface area contributed by atoms with Gasteiger partial charge >= 0.3 is 6.09 Å². The maximum atomic E-state index is 11.8. The van der Waals surface area contributed by atoms with Crippen LogP contribution in [0.15, 0.2) is 23.1 Å². The molecule has 2 aromatic rings. The van der Waals surface area contributed by atoms with Crippen LogP contribution in [0.25, 0.3) is 11.0 Å². The van der Waals surface area contributed by atoms with Gasteiger partial charge < -0.3 is 14.8 Å². The number of fused-ring (bicyclic) bond motifs is 1. The zero-order valence-corrected chi connectivity index (χ0v) is 12.5. The molecular weight excluding hydrogens is 290 g/mol. The van der Waals surface area contributed by atoms with E-state index in [0.29, 0.717) is 12.5 Å². The Morgan fingerprint density at radius 1 is 1.57 bits per heavy atom. The lowest BCUT2D eigenvalue weighted by Gasteiger charge is -2.07. The summed E-state index contributed by atoms with van der Waals surface area (Å²) in [6.45, 7) is 2.28. The van der Waals surface area contributed by atoms with Gasteiger partial charge in [0.1, 0.15) is 6.10 Å². The fourth-order valence-electron chi connectivity index (χ4n) is 2.20. The molecule has 6 nitrogen and oxygen atoms in total. The smallest absolute Gasteiger partial charge is 0.417 e. The first-order valence-corrected chi connectivity index (χ1v) is 7.91. The van der Waals surface area contributed by atoms with Crippen molar-refractivity contribution in [1.29, 1.82) is 0 Å². The van der Waals surface area contributed by atoms with Crippen molar-refractivity contribution < 1.29 is 14.6 Å². The monoisotopic (exact) mass is 307 g/mol. The summed E-state index contributed by atoms with van der Waals surface area (Å²) >= 11 is 1.80. The van der Waals surface area contributed by atoms with Gasteiger partial charge in [-0.05, 0) is 30.4 Å². The summed E-state index contributed by atoms with van der Waals surface area (Å²) in [5.41, 5.74) is 1.71. The minimum absolute atomic E-state index is 0.180. The molecule has 1 fully saturated rings. The quantitative estimate of drug-likeness (QED) is 0.829. The highest BCUT2D eigenvalue weighted by Gasteiger charge is 2.33. The molecule has 21 heavy (non-hydrogen) atoms. The maximum absolute atomic E-state index is 11.8. The van der Waals surface area contributed by atoms with Crippen LogP contribution < -0.4 is 4.90 Å². The summed E-state index contributed by atoms with van der Waals surface area (Å²) in [4.78, 5) is 21.9. The summed E-state index contributed by atoms with van der Waals surface area (Å²) in [6.07, 6.45) is 0.161. The number of rotatable bonds is 5. The van der Waals surface area contributed by atoms with Gasteiger partial charge in [-0.15, -0.1) is 11.8 Å². The van der Waals surface area contributed by atoms with E-state index >= 15 is 0 Å². The highest BCUT2D eigenvalue weighted by Crippen LogP contribution is 2.26. The first-order chi connectivity index (χ1) is 10.2. The van der Waals surface area contributed by atoms with E-state index in [1.807, 2.05) is 18.2 Å². The molecule has 0 spiro atoms. The Labute approximate surface area is 126 Å². The molecule has 1 aromatic carbocycles. The number of aromatic nitrogens is 2. The molecule has 0 aliphatic carbocycles. The van der Waals surface area contributed by atoms with E-state index in [4.69, 9.17) is 9.84 Å². The lowest BCUT2D eigenvalue weighted by Crippen LogP contribution is -2.26. The van der Waals surface area contributed by atoms with Gasteiger partial charge in [-0.2, -0.15) is 0 Å². The summed E-state index contributed by atoms with van der Waals surface area (Å²) < 4.78 is 5.02. The number of imidazole rings is 1. The van der Waals surface area contributed by atoms with Gasteiger partial charge in [0, 0.05) is 4.90 Å². The minimum atomic E-state index is -0.485. The lowest BCUT2D eigenvalue weighted by molar-refractivity contribution is 0.0963. The Balaban J connectivity index is 1.85. The van der Waals surface area contributed by atoms with E-state index in [2.05, 4.69) is 16.9 Å². The molecule has 1 atom stereocenters. The van der Waals surface area contributed by atoms with Crippen LogP contribution in [0.3, 0.4) is 0 Å². The van der Waals surface area contributed by atoms with Crippen LogP contribution in [0, 0.1) is 0 Å². The zero-order valence-electron chi connectivity index (χ0n) is 11.7. The average molecular weight is 307 g/mol. The number of benzene rings is 1. The number of anilines is 1. The SMILES string of the molecule is CCCSc1ccc2nc(N3C[C@H](CO)OC3=O)[nH]c2c1. The van der Waals surface area contributed by atoms with Crippen molar-refractivity contribution in [2.24, 2.45) is 0 Å². The third-order valence-corrected chi connectivity index (χ3v) is 4.45. The minimum Gasteiger partial charge on any atom is -0.441 e. The molecule has 0 bridgehead atoms. The number of aliphatic hydroxyl groups excluding tert-OH is 1. The van der Waals surface area contributed by atoms with Crippen LogP contribution in [-0.2, 0) is 4.74 Å². The summed E-state index contributed by atoms with van der Waals surface area (Å²) in [5, 5.41) is 9.07. The van der Waals surface area contributed by atoms with E-state index in [1.54, 1.807) is 11.8 Å². The van der Waals surface area contributed by atoms with Gasteiger partial charge in [-0.25, -0.2) is 14.7 Å². The topological polar surface area (TPSA) is 78.5 Å². The summed E-state index contributed by atoms with van der Waals surface area (Å²) in [7, 11) is 0. The van der Waals surface area contributed by atoms with E-state index in [1.165, 1.54) is 9.80 Å². The molecule has 2 heterocycles. The number of hydrogen-bond acceptors (Lipinski definition) is 5. The molecule has 2 N–H and O–H groups in total. The molecule has 0 radical (unpaired) electrons. The summed E-state index contributed by atoms with van der Waals surface area (Å²) in [6, 6.07) is 6.02. The van der Waals surface area contributed by atoms with Crippen LogP contribution in [0.1, 0.15) is 13.3 Å². The van der Waals surface area contributed by atoms with E-state index in [-0.39, 0.29) is 6.61 Å². The summed E-state index contributed by atoms with van der Waals surface area (Å²) in [5.74, 6) is 1.53. The largest absolute Gasteiger partial charge is 0.441 e. The van der Waals surface area contributed by atoms with Gasteiger partial charge in [0.15, 0.2) is 0 Å². The Kier molecular flexibility index (Phi) is 4.03. The predicted molar refractivity (Wildman–Crippen MR) is 81.8 cm³/mol. The third kappa shape index (κ3) is 2.84. The first-order valence-electron chi connectivity index (χ1n) is 6.93. The molecule has 1 aliphatic heterocycles. The number of hydrogen-bond donors (Lipinski definition) is 2. The number of aliphatic hydroxyl groups is 1. The number of ether oxygens (including phenoxy) is 1. The van der Waals surface area contributed by atoms with Crippen molar-refractivity contribution in [2.45, 2.75) is 24.3 Å². The number of nitrogens with one attached hydrogen (secondary N) is 1. The Morgan fingerprint density at radius 3 is 3.14 bits per heavy atom. The van der Waals surface area contributed by atoms with Crippen molar-refractivity contribution in [3.63, 3.8) is 0 Å². The van der Waals surface area contributed by atoms with E-state index in [0.717, 1.165) is 23.2 Å². The Hall–Kier alpha value is -1.73. The first kappa shape index (κ1) is 14.2. The van der Waals surface area contributed by atoms with E-state index in [9.17, 15) is 4.79 Å². The molecule has 1 amide bonds. The molecule has 1 aliphatic rings. The highest BCUT2D eigenvalue weighted by atomic mass is 32.2. The second-order valence-electron chi connectivity index (χ2n) is 4.89. The fourth-order valence-corrected chi connectivity index (χ4v) is 3.01. The number of aromatic amines is 1. The molecule has 7 heteroatoms.